The van der Waals surface area contributed by atoms with Gasteiger partial charge in [0.15, 0.2) is 0 Å². The monoisotopic (exact) mass is 279 g/mol. The molecule has 0 rings (SSSR count). The summed E-state index contributed by atoms with van der Waals surface area (Å²) in [5, 5.41) is 3.12. The fourth-order valence-corrected chi connectivity index (χ4v) is 2.81. The molecular formula is C12H29N3O2S. The van der Waals surface area contributed by atoms with Gasteiger partial charge in [-0.1, -0.05) is 20.8 Å². The second-order valence-electron chi connectivity index (χ2n) is 4.35. The van der Waals surface area contributed by atoms with Gasteiger partial charge in [-0.2, -0.15) is 0 Å². The first-order chi connectivity index (χ1) is 8.55. The molecule has 0 radical (unpaired) electrons. The molecule has 0 aliphatic heterocycles. The van der Waals surface area contributed by atoms with Crippen molar-refractivity contribution in [3.05, 3.63) is 0 Å². The predicted molar refractivity (Wildman–Crippen MR) is 77.4 cm³/mol. The van der Waals surface area contributed by atoms with Gasteiger partial charge in [0, 0.05) is 13.1 Å². The molecule has 0 saturated carbocycles. The van der Waals surface area contributed by atoms with Crippen molar-refractivity contribution in [1.82, 2.24) is 14.9 Å². The lowest BCUT2D eigenvalue weighted by atomic mass is 10.4. The molecule has 0 saturated heterocycles. The van der Waals surface area contributed by atoms with E-state index in [4.69, 9.17) is 0 Å². The average Bonchev–Trinajstić information content (AvgIpc) is 2.33. The minimum Gasteiger partial charge on any atom is -0.317 e. The summed E-state index contributed by atoms with van der Waals surface area (Å²) < 4.78 is 26.0. The number of hydrogen-bond donors (Lipinski definition) is 2. The van der Waals surface area contributed by atoms with E-state index >= 15 is 0 Å². The standard InChI is InChI=1S/C12H29N3O2S/c1-4-10-15(6-3)11-9-14-18(16,17)12-7-8-13-5-2/h13-14H,4-12H2,1-3H3. The average molecular weight is 279 g/mol. The lowest BCUT2D eigenvalue weighted by Gasteiger charge is -2.19. The van der Waals surface area contributed by atoms with Crippen molar-refractivity contribution in [2.24, 2.45) is 0 Å². The van der Waals surface area contributed by atoms with Crippen LogP contribution in [0.25, 0.3) is 0 Å². The number of likely N-dealkylation sites (N-methyl/N-ethyl adjacent to an activating group) is 1. The normalized spacial score (nSPS) is 12.2. The number of sulfonamides is 1. The zero-order chi connectivity index (χ0) is 13.9. The van der Waals surface area contributed by atoms with Crippen LogP contribution in [0.4, 0.5) is 0 Å². The van der Waals surface area contributed by atoms with Crippen molar-refractivity contribution < 1.29 is 8.42 Å². The molecule has 0 atom stereocenters. The molecule has 0 aliphatic rings. The van der Waals surface area contributed by atoms with Gasteiger partial charge < -0.3 is 10.2 Å². The molecule has 0 aromatic carbocycles. The van der Waals surface area contributed by atoms with Gasteiger partial charge in [0.05, 0.1) is 5.75 Å². The molecule has 0 amide bonds. The molecule has 2 N–H and O–H groups in total. The molecule has 0 unspecified atom stereocenters. The van der Waals surface area contributed by atoms with E-state index in [1.165, 1.54) is 0 Å². The molecule has 0 aromatic rings. The van der Waals surface area contributed by atoms with Gasteiger partial charge >= 0.3 is 0 Å². The maximum Gasteiger partial charge on any atom is 0.211 e. The fourth-order valence-electron chi connectivity index (χ4n) is 1.74. The third-order valence-electron chi connectivity index (χ3n) is 2.75. The topological polar surface area (TPSA) is 61.4 Å². The Kier molecular flexibility index (Phi) is 10.6. The molecular weight excluding hydrogens is 250 g/mol. The maximum atomic E-state index is 11.7. The first-order valence-electron chi connectivity index (χ1n) is 6.96. The quantitative estimate of drug-likeness (QED) is 0.515. The zero-order valence-corrected chi connectivity index (χ0v) is 12.9. The molecule has 0 spiro atoms. The molecule has 0 heterocycles. The van der Waals surface area contributed by atoms with Gasteiger partial charge in [-0.05, 0) is 39.0 Å². The highest BCUT2D eigenvalue weighted by molar-refractivity contribution is 7.89. The lowest BCUT2D eigenvalue weighted by molar-refractivity contribution is 0.293. The highest BCUT2D eigenvalue weighted by Gasteiger charge is 2.09. The van der Waals surface area contributed by atoms with E-state index in [0.717, 1.165) is 39.1 Å². The molecule has 6 heteroatoms. The van der Waals surface area contributed by atoms with Crippen LogP contribution in [0.15, 0.2) is 0 Å². The van der Waals surface area contributed by atoms with Crippen LogP contribution >= 0.6 is 0 Å². The summed E-state index contributed by atoms with van der Waals surface area (Å²) in [6.45, 7) is 11.2. The lowest BCUT2D eigenvalue weighted by Crippen LogP contribution is -2.36. The van der Waals surface area contributed by atoms with E-state index in [9.17, 15) is 8.42 Å². The third kappa shape index (κ3) is 9.82. The van der Waals surface area contributed by atoms with Crippen molar-refractivity contribution in [3.8, 4) is 0 Å². The number of rotatable bonds is 12. The van der Waals surface area contributed by atoms with Crippen LogP contribution in [0.1, 0.15) is 33.6 Å². The summed E-state index contributed by atoms with van der Waals surface area (Å²) in [4.78, 5) is 2.25. The summed E-state index contributed by atoms with van der Waals surface area (Å²) in [6.07, 6.45) is 1.76. The summed E-state index contributed by atoms with van der Waals surface area (Å²) in [6, 6.07) is 0. The van der Waals surface area contributed by atoms with Gasteiger partial charge in [0.25, 0.3) is 0 Å². The third-order valence-corrected chi connectivity index (χ3v) is 4.22. The van der Waals surface area contributed by atoms with Crippen LogP contribution in [0.2, 0.25) is 0 Å². The Hall–Kier alpha value is -0.170. The van der Waals surface area contributed by atoms with E-state index < -0.39 is 10.0 Å². The van der Waals surface area contributed by atoms with Crippen molar-refractivity contribution in [2.75, 3.05) is 45.0 Å². The van der Waals surface area contributed by atoms with Crippen LogP contribution in [0.3, 0.4) is 0 Å². The zero-order valence-electron chi connectivity index (χ0n) is 12.0. The van der Waals surface area contributed by atoms with Crippen LogP contribution in [-0.4, -0.2) is 58.3 Å². The fraction of sp³-hybridized carbons (Fsp3) is 1.00. The Morgan fingerprint density at radius 2 is 1.78 bits per heavy atom. The maximum absolute atomic E-state index is 11.7. The van der Waals surface area contributed by atoms with Crippen LogP contribution in [0, 0.1) is 0 Å². The van der Waals surface area contributed by atoms with Crippen LogP contribution < -0.4 is 10.0 Å². The minimum absolute atomic E-state index is 0.208. The number of nitrogens with one attached hydrogen (secondary N) is 2. The summed E-state index contributed by atoms with van der Waals surface area (Å²) in [5.41, 5.74) is 0. The summed E-state index contributed by atoms with van der Waals surface area (Å²) >= 11 is 0. The first kappa shape index (κ1) is 17.8. The van der Waals surface area contributed by atoms with E-state index in [-0.39, 0.29) is 5.75 Å². The number of nitrogens with zero attached hydrogens (tertiary/aromatic N) is 1. The molecule has 0 fully saturated rings. The highest BCUT2D eigenvalue weighted by Crippen LogP contribution is 1.92. The molecule has 18 heavy (non-hydrogen) atoms. The van der Waals surface area contributed by atoms with Gasteiger partial charge in [-0.3, -0.25) is 0 Å². The first-order valence-corrected chi connectivity index (χ1v) is 8.61. The van der Waals surface area contributed by atoms with Gasteiger partial charge in [0.1, 0.15) is 0 Å². The highest BCUT2D eigenvalue weighted by atomic mass is 32.2. The molecule has 0 bridgehead atoms. The Morgan fingerprint density at radius 1 is 1.06 bits per heavy atom. The van der Waals surface area contributed by atoms with Gasteiger partial charge in [-0.15, -0.1) is 0 Å². The van der Waals surface area contributed by atoms with E-state index in [2.05, 4.69) is 28.8 Å². The second-order valence-corrected chi connectivity index (χ2v) is 6.28. The summed E-state index contributed by atoms with van der Waals surface area (Å²) in [7, 11) is -3.10. The minimum atomic E-state index is -3.10. The van der Waals surface area contributed by atoms with Crippen molar-refractivity contribution >= 4 is 10.0 Å². The van der Waals surface area contributed by atoms with Crippen LogP contribution in [-0.2, 0) is 10.0 Å². The molecule has 110 valence electrons. The Balaban J connectivity index is 3.75. The van der Waals surface area contributed by atoms with E-state index in [1.807, 2.05) is 6.92 Å². The number of hydrogen-bond acceptors (Lipinski definition) is 4. The summed E-state index contributed by atoms with van der Waals surface area (Å²) in [5.74, 6) is 0.208. The van der Waals surface area contributed by atoms with E-state index in [0.29, 0.717) is 13.0 Å². The van der Waals surface area contributed by atoms with Crippen LogP contribution in [0.5, 0.6) is 0 Å². The molecule has 0 aromatic heterocycles. The van der Waals surface area contributed by atoms with Crippen molar-refractivity contribution in [2.45, 2.75) is 33.6 Å². The van der Waals surface area contributed by atoms with Crippen molar-refractivity contribution in [1.29, 1.82) is 0 Å². The Labute approximate surface area is 112 Å². The largest absolute Gasteiger partial charge is 0.317 e. The van der Waals surface area contributed by atoms with Crippen molar-refractivity contribution in [3.63, 3.8) is 0 Å². The predicted octanol–water partition coefficient (Wildman–Crippen LogP) is 0.637. The molecule has 5 nitrogen and oxygen atoms in total. The second kappa shape index (κ2) is 10.7. The Bertz CT molecular complexity index is 281. The SMILES string of the molecule is CCCN(CC)CCNS(=O)(=O)CCCNCC. The molecule has 0 aliphatic carbocycles. The smallest absolute Gasteiger partial charge is 0.211 e. The Morgan fingerprint density at radius 3 is 2.33 bits per heavy atom. The van der Waals surface area contributed by atoms with E-state index in [1.54, 1.807) is 0 Å². The van der Waals surface area contributed by atoms with Gasteiger partial charge in [-0.25, -0.2) is 13.1 Å². The van der Waals surface area contributed by atoms with Gasteiger partial charge in [0.2, 0.25) is 10.0 Å².